The maximum atomic E-state index is 5.27. The van der Waals surface area contributed by atoms with Gasteiger partial charge in [-0.25, -0.2) is 0 Å². The SMILES string of the molecule is COC1C[OH+]C2C(OC)C[OH+]C12. The number of ether oxygens (including phenoxy) is 4. The van der Waals surface area contributed by atoms with Gasteiger partial charge >= 0.3 is 0 Å². The molecule has 0 radical (unpaired) electrons. The van der Waals surface area contributed by atoms with E-state index in [1.165, 1.54) is 0 Å². The Labute approximate surface area is 71.7 Å². The molecule has 2 heterocycles. The van der Waals surface area contributed by atoms with Crippen LogP contribution in [0.25, 0.3) is 0 Å². The van der Waals surface area contributed by atoms with E-state index in [0.29, 0.717) is 0 Å². The standard InChI is InChI=1S/C8H14O4/c1-9-5-3-11-8-6(10-2)4-12-7(5)8/h5-8H,3-4H2,1-2H3/p+2. The summed E-state index contributed by atoms with van der Waals surface area (Å²) in [6, 6.07) is 0. The Bertz CT molecular complexity index is 143. The van der Waals surface area contributed by atoms with Gasteiger partial charge in [0.1, 0.15) is 0 Å². The monoisotopic (exact) mass is 176 g/mol. The summed E-state index contributed by atoms with van der Waals surface area (Å²) in [5.41, 5.74) is 0. The van der Waals surface area contributed by atoms with Gasteiger partial charge in [0.05, 0.1) is 0 Å². The normalized spacial score (nSPS) is 46.5. The molecule has 2 aliphatic rings. The molecule has 0 aromatic heterocycles. The molecule has 0 spiro atoms. The molecule has 0 aromatic carbocycles. The van der Waals surface area contributed by atoms with Gasteiger partial charge in [0, 0.05) is 14.2 Å². The molecule has 2 rings (SSSR count). The van der Waals surface area contributed by atoms with Crippen LogP contribution in [0, 0.1) is 0 Å². The van der Waals surface area contributed by atoms with Crippen LogP contribution >= 0.6 is 0 Å². The third-order valence-electron chi connectivity index (χ3n) is 2.71. The van der Waals surface area contributed by atoms with Gasteiger partial charge < -0.3 is 18.9 Å². The topological polar surface area (TPSA) is 44.1 Å². The third-order valence-corrected chi connectivity index (χ3v) is 2.71. The van der Waals surface area contributed by atoms with Crippen LogP contribution < -0.4 is 0 Å². The van der Waals surface area contributed by atoms with E-state index in [0.717, 1.165) is 13.2 Å². The lowest BCUT2D eigenvalue weighted by atomic mass is 10.1. The minimum Gasteiger partial charge on any atom is -0.421 e. The predicted octanol–water partition coefficient (Wildman–Crippen LogP) is -1.16. The first-order valence-electron chi connectivity index (χ1n) is 4.25. The minimum atomic E-state index is 0.190. The number of hydrogen-bond donors (Lipinski definition) is 0. The van der Waals surface area contributed by atoms with E-state index in [-0.39, 0.29) is 24.4 Å². The van der Waals surface area contributed by atoms with Gasteiger partial charge in [0.15, 0.2) is 13.2 Å². The summed E-state index contributed by atoms with van der Waals surface area (Å²) in [5, 5.41) is 0. The van der Waals surface area contributed by atoms with Crippen LogP contribution in [-0.4, -0.2) is 61.3 Å². The Hall–Kier alpha value is -0.160. The number of methoxy groups -OCH3 is 2. The first-order chi connectivity index (χ1) is 5.86. The summed E-state index contributed by atoms with van der Waals surface area (Å²) < 4.78 is 19.5. The zero-order valence-electron chi connectivity index (χ0n) is 7.43. The first kappa shape index (κ1) is 8.44. The van der Waals surface area contributed by atoms with Crippen molar-refractivity contribution in [1.29, 1.82) is 0 Å². The summed E-state index contributed by atoms with van der Waals surface area (Å²) in [4.78, 5) is 0. The van der Waals surface area contributed by atoms with Crippen molar-refractivity contribution in [3.63, 3.8) is 0 Å². The fraction of sp³-hybridized carbons (Fsp3) is 1.00. The van der Waals surface area contributed by atoms with Crippen molar-refractivity contribution in [3.8, 4) is 0 Å². The molecular weight excluding hydrogens is 160 g/mol. The quantitative estimate of drug-likeness (QED) is 0.498. The summed E-state index contributed by atoms with van der Waals surface area (Å²) in [7, 11) is 3.44. The van der Waals surface area contributed by atoms with Crippen LogP contribution in [0.15, 0.2) is 0 Å². The van der Waals surface area contributed by atoms with Gasteiger partial charge in [-0.3, -0.25) is 0 Å². The molecule has 0 aromatic rings. The van der Waals surface area contributed by atoms with Gasteiger partial charge in [0.2, 0.25) is 12.2 Å². The molecule has 70 valence electrons. The van der Waals surface area contributed by atoms with Crippen LogP contribution in [0.1, 0.15) is 0 Å². The minimum absolute atomic E-state index is 0.190. The van der Waals surface area contributed by atoms with Crippen LogP contribution in [0.2, 0.25) is 0 Å². The van der Waals surface area contributed by atoms with E-state index in [1.807, 2.05) is 0 Å². The Morgan fingerprint density at radius 3 is 1.67 bits per heavy atom. The van der Waals surface area contributed by atoms with Crippen molar-refractivity contribution >= 4 is 0 Å². The van der Waals surface area contributed by atoms with Crippen molar-refractivity contribution in [2.24, 2.45) is 0 Å². The predicted molar refractivity (Wildman–Crippen MR) is 43.3 cm³/mol. The second-order valence-corrected chi connectivity index (χ2v) is 3.26. The highest BCUT2D eigenvalue weighted by atomic mass is 16.6. The smallest absolute Gasteiger partial charge is 0.264 e. The van der Waals surface area contributed by atoms with Crippen molar-refractivity contribution in [2.45, 2.75) is 24.4 Å². The van der Waals surface area contributed by atoms with Crippen LogP contribution in [0.4, 0.5) is 0 Å². The van der Waals surface area contributed by atoms with Crippen molar-refractivity contribution in [1.82, 2.24) is 0 Å². The van der Waals surface area contributed by atoms with Crippen molar-refractivity contribution in [3.05, 3.63) is 0 Å². The van der Waals surface area contributed by atoms with E-state index < -0.39 is 0 Å². The van der Waals surface area contributed by atoms with Crippen LogP contribution in [-0.2, 0) is 9.47 Å². The molecule has 0 bridgehead atoms. The van der Waals surface area contributed by atoms with E-state index >= 15 is 0 Å². The average Bonchev–Trinajstić information content (AvgIpc) is 2.62. The van der Waals surface area contributed by atoms with Crippen LogP contribution in [0.5, 0.6) is 0 Å². The van der Waals surface area contributed by atoms with Gasteiger partial charge in [-0.05, 0) is 0 Å². The Balaban J connectivity index is 2.01. The summed E-state index contributed by atoms with van der Waals surface area (Å²) >= 11 is 0. The van der Waals surface area contributed by atoms with Crippen molar-refractivity contribution < 1.29 is 18.9 Å². The molecule has 0 amide bonds. The first-order valence-corrected chi connectivity index (χ1v) is 4.25. The Kier molecular flexibility index (Phi) is 2.32. The summed E-state index contributed by atoms with van der Waals surface area (Å²) in [6.07, 6.45) is 0.880. The average molecular weight is 176 g/mol. The molecule has 4 heteroatoms. The lowest BCUT2D eigenvalue weighted by molar-refractivity contribution is -0.122. The van der Waals surface area contributed by atoms with Gasteiger partial charge in [0.25, 0.3) is 12.2 Å². The molecule has 2 N–H and O–H groups in total. The van der Waals surface area contributed by atoms with E-state index in [1.54, 1.807) is 14.2 Å². The molecule has 12 heavy (non-hydrogen) atoms. The van der Waals surface area contributed by atoms with Gasteiger partial charge in [-0.2, -0.15) is 0 Å². The molecule has 2 saturated heterocycles. The zero-order chi connectivity index (χ0) is 8.55. The maximum Gasteiger partial charge on any atom is 0.264 e. The van der Waals surface area contributed by atoms with Crippen molar-refractivity contribution in [2.75, 3.05) is 27.4 Å². The molecule has 4 nitrogen and oxygen atoms in total. The number of rotatable bonds is 2. The van der Waals surface area contributed by atoms with Crippen LogP contribution in [0.3, 0.4) is 0 Å². The second-order valence-electron chi connectivity index (χ2n) is 3.26. The molecule has 0 saturated carbocycles. The summed E-state index contributed by atoms with van der Waals surface area (Å²) in [6.45, 7) is 1.55. The Morgan fingerprint density at radius 2 is 1.33 bits per heavy atom. The fourth-order valence-electron chi connectivity index (χ4n) is 1.99. The number of fused-ring (bicyclic) bond motifs is 1. The molecule has 2 fully saturated rings. The second kappa shape index (κ2) is 3.30. The molecule has 0 aliphatic carbocycles. The molecule has 2 aliphatic heterocycles. The summed E-state index contributed by atoms with van der Waals surface area (Å²) in [5.74, 6) is 0. The van der Waals surface area contributed by atoms with E-state index in [4.69, 9.17) is 9.47 Å². The lowest BCUT2D eigenvalue weighted by Crippen LogP contribution is -2.34. The van der Waals surface area contributed by atoms with Gasteiger partial charge in [-0.15, -0.1) is 0 Å². The van der Waals surface area contributed by atoms with E-state index in [2.05, 4.69) is 9.47 Å². The van der Waals surface area contributed by atoms with E-state index in [9.17, 15) is 0 Å². The Morgan fingerprint density at radius 1 is 0.917 bits per heavy atom. The fourth-order valence-corrected chi connectivity index (χ4v) is 1.99. The molecular formula is C8H16O4+2. The molecule has 4 unspecified atom stereocenters. The lowest BCUT2D eigenvalue weighted by Gasteiger charge is -2.05. The highest BCUT2D eigenvalue weighted by molar-refractivity contribution is 4.93. The zero-order valence-corrected chi connectivity index (χ0v) is 7.43. The highest BCUT2D eigenvalue weighted by Crippen LogP contribution is 2.25. The maximum absolute atomic E-state index is 5.27. The highest BCUT2D eigenvalue weighted by Gasteiger charge is 2.57. The van der Waals surface area contributed by atoms with Gasteiger partial charge in [-0.1, -0.05) is 0 Å². The third kappa shape index (κ3) is 1.15. The number of aliphatic hydroxyl groups is 4. The molecule has 4 atom stereocenters. The number of hydrogen-bond acceptors (Lipinski definition) is 2. The largest absolute Gasteiger partial charge is 0.421 e.